The van der Waals surface area contributed by atoms with Crippen LogP contribution in [-0.2, 0) is 0 Å². The van der Waals surface area contributed by atoms with E-state index in [0.29, 0.717) is 11.3 Å². The standard InChI is InChI=1S/C23H20N4O3/c1-13-11-19-20(12-14(13)2)26-22(25-19)16-7-9-17(10-8-16)24-23(28)18-5-4-6-21(15(18)3)27(29)30/h4-12H,1-3H3,(H,24,28)(H,25,26). The summed E-state index contributed by atoms with van der Waals surface area (Å²) < 4.78 is 0. The van der Waals surface area contributed by atoms with E-state index < -0.39 is 10.8 Å². The number of rotatable bonds is 4. The molecule has 7 heteroatoms. The number of hydrogen-bond donors (Lipinski definition) is 2. The molecule has 1 heterocycles. The van der Waals surface area contributed by atoms with Crippen molar-refractivity contribution in [3.63, 3.8) is 0 Å². The van der Waals surface area contributed by atoms with Crippen molar-refractivity contribution in [3.8, 4) is 11.4 Å². The van der Waals surface area contributed by atoms with E-state index in [2.05, 4.69) is 41.3 Å². The minimum absolute atomic E-state index is 0.0756. The number of hydrogen-bond acceptors (Lipinski definition) is 4. The second-order valence-corrected chi connectivity index (χ2v) is 7.28. The first-order valence-corrected chi connectivity index (χ1v) is 9.46. The highest BCUT2D eigenvalue weighted by atomic mass is 16.6. The van der Waals surface area contributed by atoms with E-state index in [0.717, 1.165) is 22.4 Å². The largest absolute Gasteiger partial charge is 0.338 e. The molecule has 3 aromatic carbocycles. The number of anilines is 1. The molecule has 30 heavy (non-hydrogen) atoms. The third kappa shape index (κ3) is 3.53. The Kier molecular flexibility index (Phi) is 4.79. The van der Waals surface area contributed by atoms with Crippen molar-refractivity contribution in [1.82, 2.24) is 9.97 Å². The zero-order valence-corrected chi connectivity index (χ0v) is 16.8. The second-order valence-electron chi connectivity index (χ2n) is 7.28. The summed E-state index contributed by atoms with van der Waals surface area (Å²) in [6, 6.07) is 15.9. The van der Waals surface area contributed by atoms with Crippen molar-refractivity contribution in [2.75, 3.05) is 5.32 Å². The van der Waals surface area contributed by atoms with Gasteiger partial charge in [0.05, 0.1) is 16.0 Å². The fourth-order valence-corrected chi connectivity index (χ4v) is 3.38. The number of aromatic amines is 1. The number of nitro groups is 1. The van der Waals surface area contributed by atoms with Crippen LogP contribution in [0.15, 0.2) is 54.6 Å². The average molecular weight is 400 g/mol. The van der Waals surface area contributed by atoms with Crippen LogP contribution in [0.1, 0.15) is 27.0 Å². The molecule has 0 saturated carbocycles. The number of imidazole rings is 1. The second kappa shape index (κ2) is 7.44. The number of nitrogens with one attached hydrogen (secondary N) is 2. The zero-order chi connectivity index (χ0) is 21.4. The molecule has 4 aromatic rings. The molecule has 150 valence electrons. The van der Waals surface area contributed by atoms with Crippen molar-refractivity contribution < 1.29 is 9.72 Å². The van der Waals surface area contributed by atoms with Crippen molar-refractivity contribution in [3.05, 3.63) is 87.0 Å². The lowest BCUT2D eigenvalue weighted by Gasteiger charge is -2.08. The first-order valence-electron chi connectivity index (χ1n) is 9.46. The Bertz CT molecular complexity index is 1250. The highest BCUT2D eigenvalue weighted by molar-refractivity contribution is 6.06. The van der Waals surface area contributed by atoms with Crippen molar-refractivity contribution in [2.45, 2.75) is 20.8 Å². The number of aryl methyl sites for hydroxylation is 2. The molecule has 0 saturated heterocycles. The van der Waals surface area contributed by atoms with E-state index in [1.54, 1.807) is 25.1 Å². The van der Waals surface area contributed by atoms with Crippen LogP contribution in [0.2, 0.25) is 0 Å². The van der Waals surface area contributed by atoms with Gasteiger partial charge in [-0.25, -0.2) is 4.98 Å². The SMILES string of the molecule is Cc1cc2nc(-c3ccc(NC(=O)c4cccc([N+](=O)[O-])c4C)cc3)[nH]c2cc1C. The predicted molar refractivity (Wildman–Crippen MR) is 117 cm³/mol. The van der Waals surface area contributed by atoms with Gasteiger partial charge in [0, 0.05) is 28.4 Å². The number of carbonyl (C=O) groups is 1. The van der Waals surface area contributed by atoms with Gasteiger partial charge in [0.25, 0.3) is 11.6 Å². The van der Waals surface area contributed by atoms with Crippen LogP contribution in [0.5, 0.6) is 0 Å². The Labute approximate surface area is 172 Å². The lowest BCUT2D eigenvalue weighted by atomic mass is 10.1. The number of fused-ring (bicyclic) bond motifs is 1. The van der Waals surface area contributed by atoms with E-state index in [9.17, 15) is 14.9 Å². The topological polar surface area (TPSA) is 101 Å². The van der Waals surface area contributed by atoms with Gasteiger partial charge in [0.2, 0.25) is 0 Å². The van der Waals surface area contributed by atoms with E-state index in [1.165, 1.54) is 23.3 Å². The summed E-state index contributed by atoms with van der Waals surface area (Å²) in [6.45, 7) is 5.70. The molecule has 0 spiro atoms. The molecular weight excluding hydrogens is 380 g/mol. The molecule has 0 radical (unpaired) electrons. The van der Waals surface area contributed by atoms with Gasteiger partial charge in [0.1, 0.15) is 5.82 Å². The fraction of sp³-hybridized carbons (Fsp3) is 0.130. The van der Waals surface area contributed by atoms with Gasteiger partial charge in [-0.3, -0.25) is 14.9 Å². The van der Waals surface area contributed by atoms with Crippen LogP contribution >= 0.6 is 0 Å². The van der Waals surface area contributed by atoms with Crippen molar-refractivity contribution in [2.24, 2.45) is 0 Å². The summed E-state index contributed by atoms with van der Waals surface area (Å²) in [5.74, 6) is 0.362. The number of H-pyrrole nitrogens is 1. The first kappa shape index (κ1) is 19.3. The molecule has 1 amide bonds. The number of aromatic nitrogens is 2. The number of benzene rings is 3. The van der Waals surface area contributed by atoms with Crippen LogP contribution in [0, 0.1) is 30.9 Å². The van der Waals surface area contributed by atoms with Gasteiger partial charge in [-0.2, -0.15) is 0 Å². The minimum atomic E-state index is -0.489. The van der Waals surface area contributed by atoms with Crippen LogP contribution in [-0.4, -0.2) is 20.8 Å². The molecule has 0 aliphatic heterocycles. The maximum absolute atomic E-state index is 12.6. The number of carbonyl (C=O) groups excluding carboxylic acids is 1. The third-order valence-corrected chi connectivity index (χ3v) is 5.26. The monoisotopic (exact) mass is 400 g/mol. The van der Waals surface area contributed by atoms with Crippen LogP contribution in [0.4, 0.5) is 11.4 Å². The van der Waals surface area contributed by atoms with Crippen molar-refractivity contribution in [1.29, 1.82) is 0 Å². The van der Waals surface area contributed by atoms with Gasteiger partial charge in [0.15, 0.2) is 0 Å². The summed E-state index contributed by atoms with van der Waals surface area (Å²) in [6.07, 6.45) is 0. The van der Waals surface area contributed by atoms with E-state index >= 15 is 0 Å². The normalized spacial score (nSPS) is 10.9. The summed E-state index contributed by atoms with van der Waals surface area (Å²) in [4.78, 5) is 31.2. The highest BCUT2D eigenvalue weighted by Gasteiger charge is 2.18. The van der Waals surface area contributed by atoms with Crippen LogP contribution in [0.25, 0.3) is 22.4 Å². The van der Waals surface area contributed by atoms with Gasteiger partial charge >= 0.3 is 0 Å². The molecule has 0 bridgehead atoms. The number of amides is 1. The van der Waals surface area contributed by atoms with Crippen molar-refractivity contribution >= 4 is 28.3 Å². The molecule has 0 aliphatic rings. The number of nitro benzene ring substituents is 1. The molecular formula is C23H20N4O3. The Morgan fingerprint density at radius 1 is 1.03 bits per heavy atom. The highest BCUT2D eigenvalue weighted by Crippen LogP contribution is 2.25. The van der Waals surface area contributed by atoms with Gasteiger partial charge in [-0.05, 0) is 74.4 Å². The van der Waals surface area contributed by atoms with E-state index in [1.807, 2.05) is 12.1 Å². The molecule has 0 atom stereocenters. The molecule has 2 N–H and O–H groups in total. The Hall–Kier alpha value is -4.00. The van der Waals surface area contributed by atoms with Gasteiger partial charge < -0.3 is 10.3 Å². The number of nitrogens with zero attached hydrogens (tertiary/aromatic N) is 2. The Balaban J connectivity index is 1.56. The Morgan fingerprint density at radius 2 is 1.73 bits per heavy atom. The quantitative estimate of drug-likeness (QED) is 0.358. The van der Waals surface area contributed by atoms with Crippen LogP contribution < -0.4 is 5.32 Å². The zero-order valence-electron chi connectivity index (χ0n) is 16.8. The summed E-state index contributed by atoms with van der Waals surface area (Å²) in [7, 11) is 0. The predicted octanol–water partition coefficient (Wildman–Crippen LogP) is 5.32. The average Bonchev–Trinajstić information content (AvgIpc) is 3.11. The van der Waals surface area contributed by atoms with Gasteiger partial charge in [-0.1, -0.05) is 6.07 Å². The van der Waals surface area contributed by atoms with E-state index in [-0.39, 0.29) is 11.3 Å². The smallest absolute Gasteiger partial charge is 0.273 e. The third-order valence-electron chi connectivity index (χ3n) is 5.26. The van der Waals surface area contributed by atoms with Gasteiger partial charge in [-0.15, -0.1) is 0 Å². The summed E-state index contributed by atoms with van der Waals surface area (Å²) >= 11 is 0. The summed E-state index contributed by atoms with van der Waals surface area (Å²) in [5, 5.41) is 13.9. The minimum Gasteiger partial charge on any atom is -0.338 e. The molecule has 0 unspecified atom stereocenters. The molecule has 0 aliphatic carbocycles. The maximum Gasteiger partial charge on any atom is 0.273 e. The molecule has 1 aromatic heterocycles. The lowest BCUT2D eigenvalue weighted by molar-refractivity contribution is -0.385. The maximum atomic E-state index is 12.6. The summed E-state index contributed by atoms with van der Waals surface area (Å²) in [5.41, 5.74) is 6.30. The molecule has 7 nitrogen and oxygen atoms in total. The van der Waals surface area contributed by atoms with E-state index in [4.69, 9.17) is 0 Å². The first-order chi connectivity index (χ1) is 14.3. The molecule has 4 rings (SSSR count). The fourth-order valence-electron chi connectivity index (χ4n) is 3.38. The molecule has 0 fully saturated rings. The van der Waals surface area contributed by atoms with Crippen LogP contribution in [0.3, 0.4) is 0 Å². The lowest BCUT2D eigenvalue weighted by Crippen LogP contribution is -2.14. The Morgan fingerprint density at radius 3 is 2.43 bits per heavy atom.